The number of allylic oxidation sites excluding steroid dienone is 10. The summed E-state index contributed by atoms with van der Waals surface area (Å²) in [5.74, 6) is -0.900. The number of esters is 3. The van der Waals surface area contributed by atoms with Crippen molar-refractivity contribution in [1.29, 1.82) is 0 Å². The predicted octanol–water partition coefficient (Wildman–Crippen LogP) is 20.0. The predicted molar refractivity (Wildman–Crippen MR) is 298 cm³/mol. The Morgan fingerprint density at radius 2 is 0.522 bits per heavy atom. The van der Waals surface area contributed by atoms with Crippen molar-refractivity contribution < 1.29 is 28.6 Å². The highest BCUT2D eigenvalue weighted by atomic mass is 16.6. The van der Waals surface area contributed by atoms with Crippen LogP contribution in [0, 0.1) is 0 Å². The molecule has 0 aromatic heterocycles. The van der Waals surface area contributed by atoms with Gasteiger partial charge in [0.25, 0.3) is 0 Å². The maximum Gasteiger partial charge on any atom is 0.306 e. The molecule has 6 nitrogen and oxygen atoms in total. The van der Waals surface area contributed by atoms with Crippen molar-refractivity contribution in [3.05, 3.63) is 60.8 Å². The Kier molecular flexibility index (Phi) is 55.3. The first-order valence-corrected chi connectivity index (χ1v) is 29.8. The Morgan fingerprint density at radius 1 is 0.290 bits per heavy atom. The van der Waals surface area contributed by atoms with Crippen molar-refractivity contribution >= 4 is 17.9 Å². The highest BCUT2D eigenvalue weighted by Crippen LogP contribution is 2.15. The van der Waals surface area contributed by atoms with Gasteiger partial charge in [0.1, 0.15) is 13.2 Å². The lowest BCUT2D eigenvalue weighted by Crippen LogP contribution is -2.30. The first-order valence-electron chi connectivity index (χ1n) is 29.8. The second-order valence-electron chi connectivity index (χ2n) is 19.9. The molecule has 0 unspecified atom stereocenters. The Bertz CT molecular complexity index is 1250. The molecular weight excluding hydrogens is 853 g/mol. The van der Waals surface area contributed by atoms with E-state index in [1.807, 2.05) is 0 Å². The highest BCUT2D eigenvalue weighted by molar-refractivity contribution is 5.71. The lowest BCUT2D eigenvalue weighted by molar-refractivity contribution is -0.167. The van der Waals surface area contributed by atoms with Gasteiger partial charge in [-0.3, -0.25) is 14.4 Å². The van der Waals surface area contributed by atoms with Gasteiger partial charge in [-0.15, -0.1) is 0 Å². The van der Waals surface area contributed by atoms with Crippen LogP contribution < -0.4 is 0 Å². The monoisotopic (exact) mass is 965 g/mol. The van der Waals surface area contributed by atoms with Crippen LogP contribution in [0.2, 0.25) is 0 Å². The molecule has 0 aliphatic heterocycles. The minimum atomic E-state index is -0.786. The summed E-state index contributed by atoms with van der Waals surface area (Å²) >= 11 is 0. The average Bonchev–Trinajstić information content (AvgIpc) is 3.35. The largest absolute Gasteiger partial charge is 0.462 e. The van der Waals surface area contributed by atoms with E-state index in [4.69, 9.17) is 14.2 Å². The zero-order valence-corrected chi connectivity index (χ0v) is 45.8. The summed E-state index contributed by atoms with van der Waals surface area (Å²) in [6, 6.07) is 0. The van der Waals surface area contributed by atoms with Crippen LogP contribution in [0.1, 0.15) is 303 Å². The summed E-state index contributed by atoms with van der Waals surface area (Å²) in [6.45, 7) is 6.60. The fourth-order valence-corrected chi connectivity index (χ4v) is 8.44. The van der Waals surface area contributed by atoms with Crippen LogP contribution in [0.3, 0.4) is 0 Å². The molecule has 0 bridgehead atoms. The summed E-state index contributed by atoms with van der Waals surface area (Å²) in [5.41, 5.74) is 0. The van der Waals surface area contributed by atoms with E-state index in [0.29, 0.717) is 19.3 Å². The van der Waals surface area contributed by atoms with Crippen molar-refractivity contribution in [1.82, 2.24) is 0 Å². The van der Waals surface area contributed by atoms with Gasteiger partial charge >= 0.3 is 17.9 Å². The van der Waals surface area contributed by atoms with Gasteiger partial charge in [-0.1, -0.05) is 236 Å². The lowest BCUT2D eigenvalue weighted by Gasteiger charge is -2.18. The van der Waals surface area contributed by atoms with Gasteiger partial charge in [-0.2, -0.15) is 0 Å². The quantitative estimate of drug-likeness (QED) is 0.0262. The molecule has 0 fully saturated rings. The molecule has 400 valence electrons. The van der Waals surface area contributed by atoms with Gasteiger partial charge in [0, 0.05) is 19.3 Å². The Morgan fingerprint density at radius 3 is 0.870 bits per heavy atom. The molecule has 0 N–H and O–H groups in total. The van der Waals surface area contributed by atoms with Gasteiger partial charge in [-0.25, -0.2) is 0 Å². The highest BCUT2D eigenvalue weighted by Gasteiger charge is 2.19. The smallest absolute Gasteiger partial charge is 0.306 e. The maximum absolute atomic E-state index is 12.9. The molecular formula is C63H112O6. The second kappa shape index (κ2) is 57.7. The van der Waals surface area contributed by atoms with Crippen LogP contribution in [-0.4, -0.2) is 37.2 Å². The molecule has 0 saturated carbocycles. The van der Waals surface area contributed by atoms with Gasteiger partial charge in [0.2, 0.25) is 0 Å². The van der Waals surface area contributed by atoms with Gasteiger partial charge in [-0.05, 0) is 109 Å². The van der Waals surface area contributed by atoms with Crippen molar-refractivity contribution in [2.45, 2.75) is 309 Å². The Hall–Kier alpha value is -2.89. The van der Waals surface area contributed by atoms with Gasteiger partial charge in [0.15, 0.2) is 6.10 Å². The first kappa shape index (κ1) is 66.1. The molecule has 0 spiro atoms. The Balaban J connectivity index is 4.40. The topological polar surface area (TPSA) is 78.9 Å². The van der Waals surface area contributed by atoms with Crippen LogP contribution in [0.15, 0.2) is 60.8 Å². The molecule has 0 amide bonds. The van der Waals surface area contributed by atoms with E-state index in [1.54, 1.807) is 0 Å². The molecule has 0 aromatic carbocycles. The van der Waals surface area contributed by atoms with Gasteiger partial charge < -0.3 is 14.2 Å². The summed E-state index contributed by atoms with van der Waals surface area (Å²) in [6.07, 6.45) is 72.1. The standard InChI is InChI=1S/C63H112O6/c1-4-7-10-13-16-19-22-25-28-30-31-33-36-39-42-45-48-51-54-57-63(66)69-60(58-67-61(64)55-52-49-46-43-40-37-34-27-24-21-18-15-12-9-6-3)59-68-62(65)56-53-50-47-44-41-38-35-32-29-26-23-20-17-14-11-8-5-2/h17,20-21,24-26,28-29,35,38,60H,4-16,18-19,22-23,27,30-34,36-37,39-59H2,1-3H3/b20-17-,24-21-,28-25-,29-26-,38-35-/t60-/m0/s1. The molecule has 0 aliphatic carbocycles. The first-order chi connectivity index (χ1) is 34.0. The van der Waals surface area contributed by atoms with Crippen molar-refractivity contribution in [3.63, 3.8) is 0 Å². The van der Waals surface area contributed by atoms with Crippen molar-refractivity contribution in [2.75, 3.05) is 13.2 Å². The van der Waals surface area contributed by atoms with E-state index in [0.717, 1.165) is 83.5 Å². The SMILES string of the molecule is CCCCC/C=C\C/C=C\C/C=C\CCCCCCC(=O)OC[C@H](COC(=O)CCCCCCCCC/C=C\CCCCCC)OC(=O)CCCCCCCCCCC/C=C\CCCCCCCC. The minimum Gasteiger partial charge on any atom is -0.462 e. The number of ether oxygens (including phenoxy) is 3. The normalized spacial score (nSPS) is 12.4. The van der Waals surface area contributed by atoms with Crippen LogP contribution in [0.5, 0.6) is 0 Å². The number of rotatable bonds is 54. The number of carbonyl (C=O) groups excluding carboxylic acids is 3. The molecule has 0 heterocycles. The summed E-state index contributed by atoms with van der Waals surface area (Å²) in [7, 11) is 0. The number of hydrogen-bond acceptors (Lipinski definition) is 6. The van der Waals surface area contributed by atoms with Crippen LogP contribution in [-0.2, 0) is 28.6 Å². The molecule has 0 aliphatic rings. The van der Waals surface area contributed by atoms with E-state index >= 15 is 0 Å². The number of carbonyl (C=O) groups is 3. The van der Waals surface area contributed by atoms with Crippen LogP contribution in [0.4, 0.5) is 0 Å². The molecule has 0 aromatic rings. The fraction of sp³-hybridized carbons (Fsp3) is 0.794. The molecule has 69 heavy (non-hydrogen) atoms. The van der Waals surface area contributed by atoms with Crippen molar-refractivity contribution in [2.24, 2.45) is 0 Å². The lowest BCUT2D eigenvalue weighted by atomic mass is 10.1. The third kappa shape index (κ3) is 55.9. The molecule has 0 rings (SSSR count). The summed E-state index contributed by atoms with van der Waals surface area (Å²) < 4.78 is 16.9. The number of unbranched alkanes of at least 4 members (excludes halogenated alkanes) is 33. The fourth-order valence-electron chi connectivity index (χ4n) is 8.44. The Labute approximate surface area is 428 Å². The van der Waals surface area contributed by atoms with E-state index in [2.05, 4.69) is 81.5 Å². The molecule has 1 atom stereocenters. The summed E-state index contributed by atoms with van der Waals surface area (Å²) in [5, 5.41) is 0. The van der Waals surface area contributed by atoms with E-state index in [9.17, 15) is 14.4 Å². The van der Waals surface area contributed by atoms with E-state index in [-0.39, 0.29) is 31.1 Å². The molecule has 0 radical (unpaired) electrons. The third-order valence-corrected chi connectivity index (χ3v) is 13.0. The zero-order valence-electron chi connectivity index (χ0n) is 45.8. The third-order valence-electron chi connectivity index (χ3n) is 13.0. The molecule has 0 saturated heterocycles. The number of hydrogen-bond donors (Lipinski definition) is 0. The van der Waals surface area contributed by atoms with Crippen LogP contribution >= 0.6 is 0 Å². The summed E-state index contributed by atoms with van der Waals surface area (Å²) in [4.78, 5) is 38.2. The van der Waals surface area contributed by atoms with E-state index in [1.165, 1.54) is 180 Å². The maximum atomic E-state index is 12.9. The van der Waals surface area contributed by atoms with E-state index < -0.39 is 6.10 Å². The zero-order chi connectivity index (χ0) is 50.0. The van der Waals surface area contributed by atoms with Gasteiger partial charge in [0.05, 0.1) is 0 Å². The second-order valence-corrected chi connectivity index (χ2v) is 19.9. The average molecular weight is 966 g/mol. The van der Waals surface area contributed by atoms with Crippen molar-refractivity contribution in [3.8, 4) is 0 Å². The molecule has 6 heteroatoms. The van der Waals surface area contributed by atoms with Crippen LogP contribution in [0.25, 0.3) is 0 Å². The minimum absolute atomic E-state index is 0.0833.